The zero-order chi connectivity index (χ0) is 13.0. The molecule has 0 radical (unpaired) electrons. The van der Waals surface area contributed by atoms with E-state index in [2.05, 4.69) is 55.3 Å². The van der Waals surface area contributed by atoms with Gasteiger partial charge in [-0.2, -0.15) is 0 Å². The molecule has 1 heterocycles. The van der Waals surface area contributed by atoms with E-state index < -0.39 is 0 Å². The van der Waals surface area contributed by atoms with Gasteiger partial charge in [-0.3, -0.25) is 4.90 Å². The van der Waals surface area contributed by atoms with Gasteiger partial charge in [0.1, 0.15) is 0 Å². The third-order valence-electron chi connectivity index (χ3n) is 3.90. The fraction of sp³-hybridized carbons (Fsp3) is 0.625. The van der Waals surface area contributed by atoms with Crippen molar-refractivity contribution in [2.24, 2.45) is 0 Å². The molecule has 100 valence electrons. The summed E-state index contributed by atoms with van der Waals surface area (Å²) in [6.45, 7) is 10.2. The quantitative estimate of drug-likeness (QED) is 0.878. The normalized spacial score (nSPS) is 18.4. The van der Waals surface area contributed by atoms with E-state index >= 15 is 0 Å². The number of hydrogen-bond acceptors (Lipinski definition) is 2. The van der Waals surface area contributed by atoms with Gasteiger partial charge in [0.15, 0.2) is 0 Å². The first kappa shape index (κ1) is 13.6. The van der Waals surface area contributed by atoms with E-state index in [1.54, 1.807) is 11.1 Å². The molecule has 0 saturated carbocycles. The molecule has 1 aliphatic heterocycles. The van der Waals surface area contributed by atoms with Gasteiger partial charge in [-0.15, -0.1) is 0 Å². The van der Waals surface area contributed by atoms with Gasteiger partial charge in [0.05, 0.1) is 0 Å². The summed E-state index contributed by atoms with van der Waals surface area (Å²) >= 11 is 0. The highest BCUT2D eigenvalue weighted by atomic mass is 15.2. The molecule has 1 aromatic rings. The SMILES string of the molecule is CC(C)NCC(C)N1CCc2ccccc2CC1. The van der Waals surface area contributed by atoms with Crippen molar-refractivity contribution >= 4 is 0 Å². The van der Waals surface area contributed by atoms with Crippen LogP contribution in [0.5, 0.6) is 0 Å². The second-order valence-corrected chi connectivity index (χ2v) is 5.72. The smallest absolute Gasteiger partial charge is 0.0192 e. The Bertz CT molecular complexity index is 346. The molecule has 0 bridgehead atoms. The summed E-state index contributed by atoms with van der Waals surface area (Å²) in [5, 5.41) is 3.54. The molecule has 0 aliphatic carbocycles. The monoisotopic (exact) mass is 246 g/mol. The van der Waals surface area contributed by atoms with Crippen molar-refractivity contribution in [3.05, 3.63) is 35.4 Å². The van der Waals surface area contributed by atoms with Gasteiger partial charge in [0, 0.05) is 31.7 Å². The van der Waals surface area contributed by atoms with E-state index in [9.17, 15) is 0 Å². The van der Waals surface area contributed by atoms with Crippen LogP contribution < -0.4 is 5.32 Å². The molecule has 0 aromatic heterocycles. The number of nitrogens with one attached hydrogen (secondary N) is 1. The van der Waals surface area contributed by atoms with Crippen molar-refractivity contribution in [3.8, 4) is 0 Å². The van der Waals surface area contributed by atoms with Gasteiger partial charge in [-0.1, -0.05) is 38.1 Å². The van der Waals surface area contributed by atoms with Crippen molar-refractivity contribution in [2.75, 3.05) is 19.6 Å². The summed E-state index contributed by atoms with van der Waals surface area (Å²) in [6.07, 6.45) is 2.39. The van der Waals surface area contributed by atoms with Gasteiger partial charge in [0.25, 0.3) is 0 Å². The van der Waals surface area contributed by atoms with Gasteiger partial charge in [-0.05, 0) is 30.9 Å². The number of rotatable bonds is 4. The highest BCUT2D eigenvalue weighted by molar-refractivity contribution is 5.28. The molecule has 0 fully saturated rings. The average molecular weight is 246 g/mol. The van der Waals surface area contributed by atoms with Crippen molar-refractivity contribution in [1.29, 1.82) is 0 Å². The first-order chi connectivity index (χ1) is 8.66. The Morgan fingerprint density at radius 2 is 1.61 bits per heavy atom. The maximum absolute atomic E-state index is 3.54. The van der Waals surface area contributed by atoms with Crippen LogP contribution in [0.15, 0.2) is 24.3 Å². The Hall–Kier alpha value is -0.860. The van der Waals surface area contributed by atoms with Crippen molar-refractivity contribution < 1.29 is 0 Å². The fourth-order valence-corrected chi connectivity index (χ4v) is 2.66. The zero-order valence-electron chi connectivity index (χ0n) is 11.9. The van der Waals surface area contributed by atoms with E-state index in [0.717, 1.165) is 6.54 Å². The third-order valence-corrected chi connectivity index (χ3v) is 3.90. The lowest BCUT2D eigenvalue weighted by Gasteiger charge is -2.28. The summed E-state index contributed by atoms with van der Waals surface area (Å²) in [7, 11) is 0. The maximum atomic E-state index is 3.54. The van der Waals surface area contributed by atoms with Crippen LogP contribution in [-0.2, 0) is 12.8 Å². The fourth-order valence-electron chi connectivity index (χ4n) is 2.66. The molecule has 2 heteroatoms. The molecular formula is C16H26N2. The van der Waals surface area contributed by atoms with Crippen molar-refractivity contribution in [1.82, 2.24) is 10.2 Å². The zero-order valence-corrected chi connectivity index (χ0v) is 11.9. The molecule has 0 amide bonds. The van der Waals surface area contributed by atoms with E-state index in [1.165, 1.54) is 25.9 Å². The second kappa shape index (κ2) is 6.35. The van der Waals surface area contributed by atoms with Crippen LogP contribution in [0.2, 0.25) is 0 Å². The van der Waals surface area contributed by atoms with Crippen LogP contribution >= 0.6 is 0 Å². The molecule has 1 unspecified atom stereocenters. The lowest BCUT2D eigenvalue weighted by molar-refractivity contribution is 0.211. The van der Waals surface area contributed by atoms with Gasteiger partial charge < -0.3 is 5.32 Å². The second-order valence-electron chi connectivity index (χ2n) is 5.72. The summed E-state index contributed by atoms with van der Waals surface area (Å²) in [5.41, 5.74) is 3.09. The van der Waals surface area contributed by atoms with Crippen molar-refractivity contribution in [3.63, 3.8) is 0 Å². The van der Waals surface area contributed by atoms with Crippen LogP contribution in [0.1, 0.15) is 31.9 Å². The Labute approximate surface area is 111 Å². The van der Waals surface area contributed by atoms with Gasteiger partial charge >= 0.3 is 0 Å². The third kappa shape index (κ3) is 3.56. The minimum atomic E-state index is 0.580. The molecule has 1 atom stereocenters. The number of hydrogen-bond donors (Lipinski definition) is 1. The van der Waals surface area contributed by atoms with Crippen LogP contribution in [-0.4, -0.2) is 36.6 Å². The van der Waals surface area contributed by atoms with E-state index in [-0.39, 0.29) is 0 Å². The Balaban J connectivity index is 1.91. The lowest BCUT2D eigenvalue weighted by atomic mass is 10.0. The van der Waals surface area contributed by atoms with Crippen LogP contribution in [0.3, 0.4) is 0 Å². The molecule has 2 rings (SSSR count). The molecule has 18 heavy (non-hydrogen) atoms. The highest BCUT2D eigenvalue weighted by Crippen LogP contribution is 2.16. The largest absolute Gasteiger partial charge is 0.313 e. The van der Waals surface area contributed by atoms with Crippen LogP contribution in [0.4, 0.5) is 0 Å². The summed E-state index contributed by atoms with van der Waals surface area (Å²) in [5.74, 6) is 0. The summed E-state index contributed by atoms with van der Waals surface area (Å²) in [6, 6.07) is 10.1. The molecule has 0 spiro atoms. The van der Waals surface area contributed by atoms with Crippen LogP contribution in [0.25, 0.3) is 0 Å². The van der Waals surface area contributed by atoms with Crippen LogP contribution in [0, 0.1) is 0 Å². The topological polar surface area (TPSA) is 15.3 Å². The standard InChI is InChI=1S/C16H26N2/c1-13(2)17-12-14(3)18-10-8-15-6-4-5-7-16(15)9-11-18/h4-7,13-14,17H,8-12H2,1-3H3. The molecule has 1 aromatic carbocycles. The minimum Gasteiger partial charge on any atom is -0.313 e. The van der Waals surface area contributed by atoms with E-state index in [0.29, 0.717) is 12.1 Å². The molecule has 0 saturated heterocycles. The van der Waals surface area contributed by atoms with Crippen molar-refractivity contribution in [2.45, 2.75) is 45.7 Å². The van der Waals surface area contributed by atoms with Gasteiger partial charge in [-0.25, -0.2) is 0 Å². The van der Waals surface area contributed by atoms with E-state index in [1.807, 2.05) is 0 Å². The molecule has 2 nitrogen and oxygen atoms in total. The number of benzene rings is 1. The first-order valence-corrected chi connectivity index (χ1v) is 7.21. The number of nitrogens with zero attached hydrogens (tertiary/aromatic N) is 1. The Kier molecular flexibility index (Phi) is 4.79. The van der Waals surface area contributed by atoms with Gasteiger partial charge in [0.2, 0.25) is 0 Å². The predicted octanol–water partition coefficient (Wildman–Crippen LogP) is 2.47. The highest BCUT2D eigenvalue weighted by Gasteiger charge is 2.18. The first-order valence-electron chi connectivity index (χ1n) is 7.21. The Morgan fingerprint density at radius 1 is 1.06 bits per heavy atom. The van der Waals surface area contributed by atoms with E-state index in [4.69, 9.17) is 0 Å². The summed E-state index contributed by atoms with van der Waals surface area (Å²) < 4.78 is 0. The lowest BCUT2D eigenvalue weighted by Crippen LogP contribution is -2.43. The maximum Gasteiger partial charge on any atom is 0.0192 e. The minimum absolute atomic E-state index is 0.580. The summed E-state index contributed by atoms with van der Waals surface area (Å²) in [4.78, 5) is 2.62. The number of fused-ring (bicyclic) bond motifs is 1. The predicted molar refractivity (Wildman–Crippen MR) is 78.0 cm³/mol. The molecule has 1 N–H and O–H groups in total. The molecule has 1 aliphatic rings. The molecular weight excluding hydrogens is 220 g/mol. The average Bonchev–Trinajstić information content (AvgIpc) is 2.58. The Morgan fingerprint density at radius 3 is 2.11 bits per heavy atom.